The van der Waals surface area contributed by atoms with E-state index < -0.39 is 22.2 Å². The Balaban J connectivity index is 1.40. The molecule has 1 unspecified atom stereocenters. The first-order valence-electron chi connectivity index (χ1n) is 11.2. The normalized spacial score (nSPS) is 20.0. The molecule has 0 spiro atoms. The lowest BCUT2D eigenvalue weighted by Gasteiger charge is -2.19. The number of carbonyl (C=O) groups is 1. The molecule has 0 saturated heterocycles. The molecule has 7 nitrogen and oxygen atoms in total. The van der Waals surface area contributed by atoms with Crippen LogP contribution >= 0.6 is 0 Å². The van der Waals surface area contributed by atoms with Gasteiger partial charge in [-0.05, 0) is 86.1 Å². The summed E-state index contributed by atoms with van der Waals surface area (Å²) in [5, 5.41) is 12.8. The molecule has 2 amide bonds. The average molecular weight is 445 g/mol. The van der Waals surface area contributed by atoms with Crippen molar-refractivity contribution in [3.63, 3.8) is 0 Å². The highest BCUT2D eigenvalue weighted by atomic mass is 32.2. The van der Waals surface area contributed by atoms with Gasteiger partial charge < -0.3 is 14.8 Å². The number of furan rings is 1. The highest BCUT2D eigenvalue weighted by Gasteiger charge is 2.31. The number of aryl methyl sites for hydroxylation is 1. The number of aliphatic hydroxyl groups is 1. The first-order chi connectivity index (χ1) is 14.8. The van der Waals surface area contributed by atoms with Gasteiger partial charge in [0, 0.05) is 23.7 Å². The second-order valence-corrected chi connectivity index (χ2v) is 10.5. The van der Waals surface area contributed by atoms with Crippen molar-refractivity contribution in [3.8, 4) is 0 Å². The predicted octanol–water partition coefficient (Wildman–Crippen LogP) is 3.84. The van der Waals surface area contributed by atoms with E-state index >= 15 is 0 Å². The van der Waals surface area contributed by atoms with Crippen LogP contribution in [0.3, 0.4) is 0 Å². The van der Waals surface area contributed by atoms with Gasteiger partial charge in [-0.1, -0.05) is 6.42 Å². The molecule has 0 radical (unpaired) electrons. The Morgan fingerprint density at radius 2 is 1.65 bits per heavy atom. The Bertz CT molecular complexity index is 1130. The number of nitrogens with one attached hydrogen (secondary N) is 2. The number of amides is 2. The lowest BCUT2D eigenvalue weighted by molar-refractivity contribution is 0.166. The Kier molecular flexibility index (Phi) is 5.09. The zero-order chi connectivity index (χ0) is 21.8. The number of urea groups is 1. The van der Waals surface area contributed by atoms with E-state index in [1.54, 1.807) is 0 Å². The van der Waals surface area contributed by atoms with E-state index in [1.165, 1.54) is 22.8 Å². The molecule has 5 rings (SSSR count). The van der Waals surface area contributed by atoms with Crippen molar-refractivity contribution in [1.29, 1.82) is 0 Å². The third kappa shape index (κ3) is 3.55. The SMILES string of the molecule is Cc1c2c(c(NC(=O)NS(=O)(=O)c3cc4c(o3)CCCCC4O)c3c1CCC3)CCC2. The molecule has 3 aliphatic carbocycles. The fourth-order valence-electron chi connectivity index (χ4n) is 5.50. The van der Waals surface area contributed by atoms with Gasteiger partial charge in [0.15, 0.2) is 0 Å². The molecule has 0 bridgehead atoms. The molecule has 1 aromatic heterocycles. The minimum absolute atomic E-state index is 0.326. The predicted molar refractivity (Wildman–Crippen MR) is 116 cm³/mol. The molecule has 166 valence electrons. The number of sulfonamides is 1. The van der Waals surface area contributed by atoms with Crippen LogP contribution in [0.2, 0.25) is 0 Å². The molecule has 8 heteroatoms. The summed E-state index contributed by atoms with van der Waals surface area (Å²) in [6.07, 6.45) is 8.00. The van der Waals surface area contributed by atoms with Crippen molar-refractivity contribution in [2.75, 3.05) is 5.32 Å². The summed E-state index contributed by atoms with van der Waals surface area (Å²) in [7, 11) is -4.19. The Labute approximate surface area is 182 Å². The minimum atomic E-state index is -4.19. The zero-order valence-electron chi connectivity index (χ0n) is 17.7. The van der Waals surface area contributed by atoms with Crippen LogP contribution in [-0.2, 0) is 42.1 Å². The smallest absolute Gasteiger partial charge is 0.333 e. The van der Waals surface area contributed by atoms with Gasteiger partial charge >= 0.3 is 6.03 Å². The molecule has 31 heavy (non-hydrogen) atoms. The van der Waals surface area contributed by atoms with Crippen LogP contribution in [0.4, 0.5) is 10.5 Å². The molecule has 1 heterocycles. The summed E-state index contributed by atoms with van der Waals surface area (Å²) in [4.78, 5) is 12.8. The minimum Gasteiger partial charge on any atom is -0.447 e. The lowest BCUT2D eigenvalue weighted by atomic mass is 9.93. The summed E-state index contributed by atoms with van der Waals surface area (Å²) in [5.74, 6) is 0.486. The monoisotopic (exact) mass is 444 g/mol. The molecule has 2 aromatic rings. The fourth-order valence-corrected chi connectivity index (χ4v) is 6.39. The quantitative estimate of drug-likeness (QED) is 0.624. The zero-order valence-corrected chi connectivity index (χ0v) is 18.5. The van der Waals surface area contributed by atoms with Gasteiger partial charge in [-0.15, -0.1) is 0 Å². The van der Waals surface area contributed by atoms with Gasteiger partial charge in [0.2, 0.25) is 5.09 Å². The summed E-state index contributed by atoms with van der Waals surface area (Å²) < 4.78 is 33.3. The van der Waals surface area contributed by atoms with Crippen molar-refractivity contribution in [1.82, 2.24) is 4.72 Å². The van der Waals surface area contributed by atoms with Crippen LogP contribution < -0.4 is 10.0 Å². The first kappa shape index (κ1) is 20.6. The second kappa shape index (κ2) is 7.67. The summed E-state index contributed by atoms with van der Waals surface area (Å²) in [5.41, 5.74) is 7.56. The largest absolute Gasteiger partial charge is 0.447 e. The number of hydrogen-bond donors (Lipinski definition) is 3. The lowest BCUT2D eigenvalue weighted by Crippen LogP contribution is -2.34. The van der Waals surface area contributed by atoms with Gasteiger partial charge in [-0.2, -0.15) is 8.42 Å². The van der Waals surface area contributed by atoms with E-state index in [0.29, 0.717) is 24.2 Å². The summed E-state index contributed by atoms with van der Waals surface area (Å²) in [6, 6.07) is 0.571. The molecule has 1 aromatic carbocycles. The van der Waals surface area contributed by atoms with Crippen molar-refractivity contribution < 1.29 is 22.7 Å². The van der Waals surface area contributed by atoms with E-state index in [1.807, 2.05) is 0 Å². The van der Waals surface area contributed by atoms with Gasteiger partial charge in [0.1, 0.15) is 5.76 Å². The highest BCUT2D eigenvalue weighted by molar-refractivity contribution is 7.89. The maximum absolute atomic E-state index is 12.8. The van der Waals surface area contributed by atoms with E-state index in [0.717, 1.165) is 68.2 Å². The number of benzene rings is 1. The van der Waals surface area contributed by atoms with E-state index in [2.05, 4.69) is 17.0 Å². The van der Waals surface area contributed by atoms with Crippen LogP contribution in [0.1, 0.15) is 77.3 Å². The topological polar surface area (TPSA) is 109 Å². The van der Waals surface area contributed by atoms with Crippen molar-refractivity contribution in [2.24, 2.45) is 0 Å². The Hall–Kier alpha value is -2.32. The molecule has 0 saturated carbocycles. The van der Waals surface area contributed by atoms with Gasteiger partial charge in [-0.25, -0.2) is 9.52 Å². The fraction of sp³-hybridized carbons (Fsp3) is 0.522. The number of fused-ring (bicyclic) bond motifs is 3. The maximum Gasteiger partial charge on any atom is 0.333 e. The average Bonchev–Trinajstić information content (AvgIpc) is 3.46. The van der Waals surface area contributed by atoms with Crippen LogP contribution in [0.5, 0.6) is 0 Å². The van der Waals surface area contributed by atoms with Gasteiger partial charge in [0.25, 0.3) is 10.0 Å². The molecular formula is C23H28N2O5S. The summed E-state index contributed by atoms with van der Waals surface area (Å²) in [6.45, 7) is 2.16. The molecular weight excluding hydrogens is 416 g/mol. The van der Waals surface area contributed by atoms with Crippen LogP contribution in [-0.4, -0.2) is 19.6 Å². The summed E-state index contributed by atoms with van der Waals surface area (Å²) >= 11 is 0. The number of anilines is 1. The molecule has 1 atom stereocenters. The van der Waals surface area contributed by atoms with Crippen LogP contribution in [0.15, 0.2) is 15.6 Å². The van der Waals surface area contributed by atoms with Crippen molar-refractivity contribution in [2.45, 2.75) is 82.3 Å². The molecule has 3 aliphatic rings. The van der Waals surface area contributed by atoms with Crippen molar-refractivity contribution >= 4 is 21.7 Å². The standard InChI is InChI=1S/C23H28N2O5S/c1-13-14-6-4-8-16(14)22(17-9-5-7-15(13)17)24-23(27)25-31(28,29)21-12-18-19(26)10-2-3-11-20(18)30-21/h12,19,26H,2-11H2,1H3,(H2,24,25,27). The van der Waals surface area contributed by atoms with E-state index in [9.17, 15) is 18.3 Å². The highest BCUT2D eigenvalue weighted by Crippen LogP contribution is 2.41. The van der Waals surface area contributed by atoms with Gasteiger partial charge in [-0.3, -0.25) is 0 Å². The maximum atomic E-state index is 12.8. The van der Waals surface area contributed by atoms with Gasteiger partial charge in [0.05, 0.1) is 6.10 Å². The van der Waals surface area contributed by atoms with E-state index in [4.69, 9.17) is 4.42 Å². The molecule has 3 N–H and O–H groups in total. The molecule has 0 fully saturated rings. The number of aliphatic hydroxyl groups excluding tert-OH is 1. The van der Waals surface area contributed by atoms with Crippen LogP contribution in [0, 0.1) is 6.92 Å². The molecule has 0 aliphatic heterocycles. The number of carbonyl (C=O) groups excluding carboxylic acids is 1. The Morgan fingerprint density at radius 3 is 2.32 bits per heavy atom. The van der Waals surface area contributed by atoms with Crippen molar-refractivity contribution in [3.05, 3.63) is 45.2 Å². The second-order valence-electron chi connectivity index (χ2n) is 8.89. The van der Waals surface area contributed by atoms with E-state index in [-0.39, 0.29) is 5.09 Å². The third-order valence-electron chi connectivity index (χ3n) is 6.98. The van der Waals surface area contributed by atoms with Crippen LogP contribution in [0.25, 0.3) is 0 Å². The first-order valence-corrected chi connectivity index (χ1v) is 12.6. The number of hydrogen-bond acceptors (Lipinski definition) is 5. The number of rotatable bonds is 3. The Morgan fingerprint density at radius 1 is 1.00 bits per heavy atom. The third-order valence-corrected chi connectivity index (χ3v) is 8.17.